The Hall–Kier alpha value is 0.460. The summed E-state index contributed by atoms with van der Waals surface area (Å²) in [6, 6.07) is 4.15. The first-order chi connectivity index (χ1) is 7.54. The molecule has 1 aromatic rings. The summed E-state index contributed by atoms with van der Waals surface area (Å²) in [4.78, 5) is 0. The summed E-state index contributed by atoms with van der Waals surface area (Å²) in [5.41, 5.74) is 1.22. The Morgan fingerprint density at radius 3 is 2.19 bits per heavy atom. The van der Waals surface area contributed by atoms with Crippen LogP contribution in [-0.4, -0.2) is 6.61 Å². The van der Waals surface area contributed by atoms with Gasteiger partial charge in [-0.25, -0.2) is 0 Å². The molecule has 0 aromatic heterocycles. The number of ether oxygens (including phenoxy) is 1. The van der Waals surface area contributed by atoms with Crippen molar-refractivity contribution in [2.75, 3.05) is 6.61 Å². The summed E-state index contributed by atoms with van der Waals surface area (Å²) in [5.74, 6) is 1.56. The van der Waals surface area contributed by atoms with Crippen molar-refractivity contribution in [2.45, 2.75) is 25.6 Å². The normalized spacial score (nSPS) is 10.9. The molecule has 0 aliphatic rings. The molecule has 16 heavy (non-hydrogen) atoms. The average molecular weight is 415 g/mol. The summed E-state index contributed by atoms with van der Waals surface area (Å²) < 4.78 is 7.77. The zero-order chi connectivity index (χ0) is 12.1. The maximum absolute atomic E-state index is 5.77. The first kappa shape index (κ1) is 14.5. The molecule has 1 rings (SSSR count). The Balaban J connectivity index is 2.72. The number of hydrogen-bond acceptors (Lipinski definition) is 1. The van der Waals surface area contributed by atoms with Crippen LogP contribution in [0.3, 0.4) is 0 Å². The minimum atomic E-state index is 0.666. The highest BCUT2D eigenvalue weighted by molar-refractivity contribution is 9.11. The molecule has 1 nitrogen and oxygen atoms in total. The van der Waals surface area contributed by atoms with E-state index in [2.05, 4.69) is 73.8 Å². The van der Waals surface area contributed by atoms with Crippen molar-refractivity contribution < 1.29 is 4.74 Å². The van der Waals surface area contributed by atoms with Crippen molar-refractivity contribution in [3.8, 4) is 5.75 Å². The Bertz CT molecular complexity index is 327. The van der Waals surface area contributed by atoms with Crippen LogP contribution in [0, 0.1) is 5.92 Å². The monoisotopic (exact) mass is 412 g/mol. The Labute approximate surface area is 122 Å². The molecule has 1 aromatic carbocycles. The molecule has 0 saturated carbocycles. The number of rotatable bonds is 5. The topological polar surface area (TPSA) is 9.23 Å². The van der Waals surface area contributed by atoms with Crippen LogP contribution in [0.15, 0.2) is 21.1 Å². The van der Waals surface area contributed by atoms with Gasteiger partial charge >= 0.3 is 0 Å². The van der Waals surface area contributed by atoms with E-state index in [-0.39, 0.29) is 0 Å². The molecule has 0 unspecified atom stereocenters. The predicted octanol–water partition coefficient (Wildman–Crippen LogP) is 5.53. The van der Waals surface area contributed by atoms with Gasteiger partial charge in [0.05, 0.1) is 15.6 Å². The van der Waals surface area contributed by atoms with E-state index in [0.717, 1.165) is 33.1 Å². The third-order valence-corrected chi connectivity index (χ3v) is 3.98. The maximum atomic E-state index is 5.77. The van der Waals surface area contributed by atoms with Gasteiger partial charge in [0.25, 0.3) is 0 Å². The number of alkyl halides is 1. The quantitative estimate of drug-likeness (QED) is 0.575. The van der Waals surface area contributed by atoms with E-state index in [1.807, 2.05) is 0 Å². The van der Waals surface area contributed by atoms with Crippen LogP contribution < -0.4 is 4.74 Å². The van der Waals surface area contributed by atoms with Crippen LogP contribution >= 0.6 is 47.8 Å². The molecule has 90 valence electrons. The average Bonchev–Trinajstić information content (AvgIpc) is 2.21. The van der Waals surface area contributed by atoms with Gasteiger partial charge in [-0.05, 0) is 61.9 Å². The lowest BCUT2D eigenvalue weighted by molar-refractivity contribution is 0.286. The van der Waals surface area contributed by atoms with Crippen LogP contribution in [0.2, 0.25) is 0 Å². The van der Waals surface area contributed by atoms with Gasteiger partial charge in [0.2, 0.25) is 0 Å². The lowest BCUT2D eigenvalue weighted by Crippen LogP contribution is -2.02. The number of benzene rings is 1. The van der Waals surface area contributed by atoms with Crippen LogP contribution in [-0.2, 0) is 5.33 Å². The van der Waals surface area contributed by atoms with Gasteiger partial charge in [-0.2, -0.15) is 0 Å². The van der Waals surface area contributed by atoms with E-state index in [0.29, 0.717) is 5.92 Å². The molecule has 0 spiro atoms. The van der Waals surface area contributed by atoms with E-state index < -0.39 is 0 Å². The third-order valence-electron chi connectivity index (χ3n) is 2.15. The second kappa shape index (κ2) is 7.02. The molecule has 0 amide bonds. The maximum Gasteiger partial charge on any atom is 0.147 e. The van der Waals surface area contributed by atoms with Crippen LogP contribution in [0.4, 0.5) is 0 Å². The standard InChI is InChI=1S/C12H15Br3O/c1-8(2)3-4-16-12-10(14)5-9(7-13)6-11(12)15/h5-6,8H,3-4,7H2,1-2H3. The SMILES string of the molecule is CC(C)CCOc1c(Br)cc(CBr)cc1Br. The highest BCUT2D eigenvalue weighted by Gasteiger charge is 2.08. The molecule has 0 aliphatic carbocycles. The number of hydrogen-bond donors (Lipinski definition) is 0. The summed E-state index contributed by atoms with van der Waals surface area (Å²) in [5, 5.41) is 0.844. The Morgan fingerprint density at radius 2 is 1.75 bits per heavy atom. The molecule has 4 heteroatoms. The fourth-order valence-corrected chi connectivity index (χ4v) is 3.06. The molecule has 0 heterocycles. The van der Waals surface area contributed by atoms with Gasteiger partial charge in [-0.15, -0.1) is 0 Å². The van der Waals surface area contributed by atoms with Gasteiger partial charge in [0, 0.05) is 5.33 Å². The van der Waals surface area contributed by atoms with Gasteiger partial charge < -0.3 is 4.74 Å². The minimum absolute atomic E-state index is 0.666. The van der Waals surface area contributed by atoms with Crippen LogP contribution in [0.25, 0.3) is 0 Å². The van der Waals surface area contributed by atoms with E-state index in [1.54, 1.807) is 0 Å². The summed E-state index contributed by atoms with van der Waals surface area (Å²) in [7, 11) is 0. The molecular weight excluding hydrogens is 400 g/mol. The van der Waals surface area contributed by atoms with Crippen LogP contribution in [0.5, 0.6) is 5.75 Å². The summed E-state index contributed by atoms with van der Waals surface area (Å²) >= 11 is 10.5. The fourth-order valence-electron chi connectivity index (χ4n) is 1.22. The van der Waals surface area contributed by atoms with Crippen molar-refractivity contribution in [1.82, 2.24) is 0 Å². The Morgan fingerprint density at radius 1 is 1.19 bits per heavy atom. The molecule has 0 atom stereocenters. The zero-order valence-electron chi connectivity index (χ0n) is 9.40. The first-order valence-electron chi connectivity index (χ1n) is 5.21. The largest absolute Gasteiger partial charge is 0.491 e. The molecular formula is C12H15Br3O. The molecule has 0 bridgehead atoms. The Kier molecular flexibility index (Phi) is 6.37. The summed E-state index contributed by atoms with van der Waals surface area (Å²) in [6.45, 7) is 5.14. The van der Waals surface area contributed by atoms with Crippen molar-refractivity contribution in [3.63, 3.8) is 0 Å². The molecule has 0 aliphatic heterocycles. The van der Waals surface area contributed by atoms with Crippen molar-refractivity contribution in [3.05, 3.63) is 26.6 Å². The van der Waals surface area contributed by atoms with Crippen molar-refractivity contribution >= 4 is 47.8 Å². The van der Waals surface area contributed by atoms with Gasteiger partial charge in [-0.3, -0.25) is 0 Å². The third kappa shape index (κ3) is 4.38. The van der Waals surface area contributed by atoms with E-state index in [9.17, 15) is 0 Å². The first-order valence-corrected chi connectivity index (χ1v) is 7.92. The van der Waals surface area contributed by atoms with Crippen molar-refractivity contribution in [1.29, 1.82) is 0 Å². The second-order valence-corrected chi connectivity index (χ2v) is 6.32. The molecule has 0 N–H and O–H groups in total. The van der Waals surface area contributed by atoms with Gasteiger partial charge in [0.15, 0.2) is 0 Å². The lowest BCUT2D eigenvalue weighted by atomic mass is 10.1. The van der Waals surface area contributed by atoms with Gasteiger partial charge in [-0.1, -0.05) is 29.8 Å². The summed E-state index contributed by atoms with van der Waals surface area (Å²) in [6.07, 6.45) is 1.07. The molecule has 0 radical (unpaired) electrons. The number of halogens is 3. The van der Waals surface area contributed by atoms with E-state index in [1.165, 1.54) is 5.56 Å². The van der Waals surface area contributed by atoms with Crippen LogP contribution in [0.1, 0.15) is 25.8 Å². The lowest BCUT2D eigenvalue weighted by Gasteiger charge is -2.12. The fraction of sp³-hybridized carbons (Fsp3) is 0.500. The molecule has 0 saturated heterocycles. The predicted molar refractivity (Wildman–Crippen MR) is 79.4 cm³/mol. The highest BCUT2D eigenvalue weighted by atomic mass is 79.9. The van der Waals surface area contributed by atoms with Gasteiger partial charge in [0.1, 0.15) is 5.75 Å². The van der Waals surface area contributed by atoms with E-state index in [4.69, 9.17) is 4.74 Å². The second-order valence-electron chi connectivity index (χ2n) is 4.05. The molecule has 0 fully saturated rings. The van der Waals surface area contributed by atoms with E-state index >= 15 is 0 Å². The van der Waals surface area contributed by atoms with Crippen molar-refractivity contribution in [2.24, 2.45) is 5.92 Å². The minimum Gasteiger partial charge on any atom is -0.491 e. The highest BCUT2D eigenvalue weighted by Crippen LogP contribution is 2.35. The smallest absolute Gasteiger partial charge is 0.147 e. The zero-order valence-corrected chi connectivity index (χ0v) is 14.2.